The maximum absolute atomic E-state index is 8.86. The van der Waals surface area contributed by atoms with Crippen molar-refractivity contribution in [2.24, 2.45) is 5.92 Å². The Morgan fingerprint density at radius 3 is 2.86 bits per heavy atom. The molecule has 0 aliphatic carbocycles. The maximum Gasteiger partial charge on any atom is 0.120 e. The van der Waals surface area contributed by atoms with Crippen LogP contribution in [-0.2, 0) is 0 Å². The van der Waals surface area contributed by atoms with Crippen molar-refractivity contribution in [1.82, 2.24) is 9.80 Å². The van der Waals surface area contributed by atoms with Crippen molar-refractivity contribution >= 4 is 0 Å². The van der Waals surface area contributed by atoms with Crippen molar-refractivity contribution in [3.05, 3.63) is 29.8 Å². The van der Waals surface area contributed by atoms with E-state index in [0.717, 1.165) is 24.8 Å². The highest BCUT2D eigenvalue weighted by molar-refractivity contribution is 5.36. The Labute approximate surface area is 127 Å². The van der Waals surface area contributed by atoms with Gasteiger partial charge in [-0.3, -0.25) is 0 Å². The summed E-state index contributed by atoms with van der Waals surface area (Å²) in [6.07, 6.45) is 2.60. The molecule has 1 saturated heterocycles. The molecular weight excluding hydrogens is 262 g/mol. The van der Waals surface area contributed by atoms with Crippen molar-refractivity contribution in [2.45, 2.75) is 12.8 Å². The third-order valence-electron chi connectivity index (χ3n) is 4.11. The Morgan fingerprint density at radius 2 is 2.14 bits per heavy atom. The SMILES string of the molecule is CN1CCC(CN(C)CCOc2cccc(C#N)c2)CC1. The van der Waals surface area contributed by atoms with Gasteiger partial charge >= 0.3 is 0 Å². The van der Waals surface area contributed by atoms with Crippen molar-refractivity contribution < 1.29 is 4.74 Å². The van der Waals surface area contributed by atoms with Gasteiger partial charge in [-0.05, 0) is 64.1 Å². The summed E-state index contributed by atoms with van der Waals surface area (Å²) in [6, 6.07) is 9.47. The molecule has 0 spiro atoms. The number of hydrogen-bond donors (Lipinski definition) is 0. The molecule has 0 aromatic heterocycles. The molecule has 0 saturated carbocycles. The minimum atomic E-state index is 0.646. The summed E-state index contributed by atoms with van der Waals surface area (Å²) in [4.78, 5) is 4.76. The molecule has 1 fully saturated rings. The highest BCUT2D eigenvalue weighted by Crippen LogP contribution is 2.17. The molecule has 0 bridgehead atoms. The molecule has 0 amide bonds. The number of rotatable bonds is 6. The zero-order valence-electron chi connectivity index (χ0n) is 13.1. The maximum atomic E-state index is 8.86. The summed E-state index contributed by atoms with van der Waals surface area (Å²) in [7, 11) is 4.36. The normalized spacial score (nSPS) is 16.9. The van der Waals surface area contributed by atoms with Crippen LogP contribution in [0.4, 0.5) is 0 Å². The predicted molar refractivity (Wildman–Crippen MR) is 84.4 cm³/mol. The van der Waals surface area contributed by atoms with Gasteiger partial charge in [-0.2, -0.15) is 5.26 Å². The number of ether oxygens (including phenoxy) is 1. The Kier molecular flexibility index (Phi) is 6.04. The quantitative estimate of drug-likeness (QED) is 0.804. The van der Waals surface area contributed by atoms with Crippen LogP contribution >= 0.6 is 0 Å². The number of likely N-dealkylation sites (tertiary alicyclic amines) is 1. The van der Waals surface area contributed by atoms with E-state index in [1.807, 2.05) is 12.1 Å². The Bertz CT molecular complexity index is 475. The number of piperidine rings is 1. The van der Waals surface area contributed by atoms with Crippen LogP contribution in [0.15, 0.2) is 24.3 Å². The molecular formula is C17H25N3O. The number of likely N-dealkylation sites (N-methyl/N-ethyl adjacent to an activating group) is 1. The molecule has 0 N–H and O–H groups in total. The van der Waals surface area contributed by atoms with Gasteiger partial charge in [0.05, 0.1) is 11.6 Å². The van der Waals surface area contributed by atoms with Gasteiger partial charge < -0.3 is 14.5 Å². The standard InChI is InChI=1S/C17H25N3O/c1-19-8-6-15(7-9-19)14-20(2)10-11-21-17-5-3-4-16(12-17)13-18/h3-5,12,15H,6-11,14H2,1-2H3. The molecule has 4 nitrogen and oxygen atoms in total. The lowest BCUT2D eigenvalue weighted by molar-refractivity contribution is 0.162. The van der Waals surface area contributed by atoms with Crippen molar-refractivity contribution in [1.29, 1.82) is 5.26 Å². The summed E-state index contributed by atoms with van der Waals surface area (Å²) in [5, 5.41) is 8.86. The summed E-state index contributed by atoms with van der Waals surface area (Å²) in [6.45, 7) is 5.17. The van der Waals surface area contributed by atoms with Crippen LogP contribution in [0.1, 0.15) is 18.4 Å². The summed E-state index contributed by atoms with van der Waals surface area (Å²) in [5.41, 5.74) is 0.646. The first-order valence-corrected chi connectivity index (χ1v) is 7.67. The molecule has 0 atom stereocenters. The number of nitrogens with zero attached hydrogens (tertiary/aromatic N) is 3. The van der Waals surface area contributed by atoms with Crippen LogP contribution in [0.3, 0.4) is 0 Å². The highest BCUT2D eigenvalue weighted by Gasteiger charge is 2.17. The monoisotopic (exact) mass is 287 g/mol. The van der Waals surface area contributed by atoms with Gasteiger partial charge in [-0.25, -0.2) is 0 Å². The van der Waals surface area contributed by atoms with E-state index in [0.29, 0.717) is 12.2 Å². The zero-order chi connectivity index (χ0) is 15.1. The van der Waals surface area contributed by atoms with Crippen molar-refractivity contribution in [3.63, 3.8) is 0 Å². The van der Waals surface area contributed by atoms with E-state index in [-0.39, 0.29) is 0 Å². The van der Waals surface area contributed by atoms with Gasteiger partial charge in [-0.15, -0.1) is 0 Å². The van der Waals surface area contributed by atoms with Crippen molar-refractivity contribution in [3.8, 4) is 11.8 Å². The second kappa shape index (κ2) is 8.02. The molecule has 4 heteroatoms. The zero-order valence-corrected chi connectivity index (χ0v) is 13.1. The first kappa shape index (κ1) is 15.8. The minimum Gasteiger partial charge on any atom is -0.492 e. The third-order valence-corrected chi connectivity index (χ3v) is 4.11. The van der Waals surface area contributed by atoms with Gasteiger partial charge in [0, 0.05) is 13.1 Å². The van der Waals surface area contributed by atoms with Gasteiger partial charge in [-0.1, -0.05) is 6.07 Å². The van der Waals surface area contributed by atoms with Crippen LogP contribution in [0.5, 0.6) is 5.75 Å². The van der Waals surface area contributed by atoms with Crippen LogP contribution in [0.2, 0.25) is 0 Å². The van der Waals surface area contributed by atoms with E-state index in [1.165, 1.54) is 25.9 Å². The second-order valence-electron chi connectivity index (χ2n) is 6.00. The topological polar surface area (TPSA) is 39.5 Å². The molecule has 2 rings (SSSR count). The van der Waals surface area contributed by atoms with Gasteiger partial charge in [0.25, 0.3) is 0 Å². The van der Waals surface area contributed by atoms with Gasteiger partial charge in [0.15, 0.2) is 0 Å². The number of benzene rings is 1. The minimum absolute atomic E-state index is 0.646. The smallest absolute Gasteiger partial charge is 0.120 e. The Morgan fingerprint density at radius 1 is 1.38 bits per heavy atom. The van der Waals surface area contributed by atoms with E-state index >= 15 is 0 Å². The molecule has 0 radical (unpaired) electrons. The second-order valence-corrected chi connectivity index (χ2v) is 6.00. The molecule has 1 heterocycles. The molecule has 1 aliphatic heterocycles. The van der Waals surface area contributed by atoms with Crippen LogP contribution in [0.25, 0.3) is 0 Å². The lowest BCUT2D eigenvalue weighted by Gasteiger charge is -2.31. The van der Waals surface area contributed by atoms with Crippen LogP contribution < -0.4 is 4.74 Å². The number of hydrogen-bond acceptors (Lipinski definition) is 4. The van der Waals surface area contributed by atoms with Crippen LogP contribution in [-0.4, -0.2) is 56.7 Å². The first-order valence-electron chi connectivity index (χ1n) is 7.67. The average molecular weight is 287 g/mol. The fourth-order valence-electron chi connectivity index (χ4n) is 2.75. The van der Waals surface area contributed by atoms with E-state index in [9.17, 15) is 0 Å². The van der Waals surface area contributed by atoms with E-state index in [2.05, 4.69) is 30.0 Å². The van der Waals surface area contributed by atoms with Crippen molar-refractivity contribution in [2.75, 3.05) is 46.9 Å². The Hall–Kier alpha value is -1.57. The molecule has 1 aliphatic rings. The highest BCUT2D eigenvalue weighted by atomic mass is 16.5. The summed E-state index contributed by atoms with van der Waals surface area (Å²) < 4.78 is 5.72. The fourth-order valence-corrected chi connectivity index (χ4v) is 2.75. The molecule has 21 heavy (non-hydrogen) atoms. The Balaban J connectivity index is 1.67. The van der Waals surface area contributed by atoms with Crippen LogP contribution in [0, 0.1) is 17.2 Å². The molecule has 0 unspecified atom stereocenters. The van der Waals surface area contributed by atoms with E-state index in [1.54, 1.807) is 12.1 Å². The first-order chi connectivity index (χ1) is 10.2. The number of nitriles is 1. The van der Waals surface area contributed by atoms with Gasteiger partial charge in [0.1, 0.15) is 12.4 Å². The summed E-state index contributed by atoms with van der Waals surface area (Å²) in [5.74, 6) is 1.59. The molecule has 1 aromatic rings. The molecule has 114 valence electrons. The predicted octanol–water partition coefficient (Wildman–Crippen LogP) is 2.21. The van der Waals surface area contributed by atoms with E-state index in [4.69, 9.17) is 10.00 Å². The van der Waals surface area contributed by atoms with Gasteiger partial charge in [0.2, 0.25) is 0 Å². The molecule has 1 aromatic carbocycles. The fraction of sp³-hybridized carbons (Fsp3) is 0.588. The summed E-state index contributed by atoms with van der Waals surface area (Å²) >= 11 is 0. The largest absolute Gasteiger partial charge is 0.492 e. The van der Waals surface area contributed by atoms with E-state index < -0.39 is 0 Å². The average Bonchev–Trinajstić information content (AvgIpc) is 2.50. The lowest BCUT2D eigenvalue weighted by Crippen LogP contribution is -2.36. The third kappa shape index (κ3) is 5.37. The lowest BCUT2D eigenvalue weighted by atomic mass is 9.97.